The molecule has 2 unspecified atom stereocenters. The van der Waals surface area contributed by atoms with Crippen LogP contribution in [0.2, 0.25) is 0 Å². The highest BCUT2D eigenvalue weighted by molar-refractivity contribution is 14.1. The highest BCUT2D eigenvalue weighted by Crippen LogP contribution is 2.42. The molecule has 0 spiro atoms. The SMILES string of the molecule is CCN1CCCC(N2c3ccc(I)cc3C(N)=NC2C(Cl)(Cl)Cl)C1.Cl. The van der Waals surface area contributed by atoms with Gasteiger partial charge in [0.2, 0.25) is 3.79 Å². The van der Waals surface area contributed by atoms with Gasteiger partial charge in [0.1, 0.15) is 5.84 Å². The van der Waals surface area contributed by atoms with Gasteiger partial charge in [-0.2, -0.15) is 0 Å². The van der Waals surface area contributed by atoms with Gasteiger partial charge in [-0.05, 0) is 66.7 Å². The Morgan fingerprint density at radius 3 is 2.72 bits per heavy atom. The van der Waals surface area contributed by atoms with Crippen molar-refractivity contribution >= 4 is 81.3 Å². The fourth-order valence-corrected chi connectivity index (χ4v) is 4.46. The molecule has 2 heterocycles. The monoisotopic (exact) mass is 536 g/mol. The van der Waals surface area contributed by atoms with E-state index in [-0.39, 0.29) is 18.4 Å². The van der Waals surface area contributed by atoms with Crippen LogP contribution < -0.4 is 10.6 Å². The quantitative estimate of drug-likeness (QED) is 0.449. The van der Waals surface area contributed by atoms with Crippen LogP contribution in [-0.4, -0.2) is 46.4 Å². The maximum Gasteiger partial charge on any atom is 0.230 e. The average molecular weight is 538 g/mol. The maximum absolute atomic E-state index is 6.27. The molecular weight excluding hydrogens is 517 g/mol. The van der Waals surface area contributed by atoms with Crippen LogP contribution in [0.3, 0.4) is 0 Å². The molecule has 0 aliphatic carbocycles. The van der Waals surface area contributed by atoms with E-state index in [1.165, 1.54) is 0 Å². The van der Waals surface area contributed by atoms with Crippen molar-refractivity contribution in [3.05, 3.63) is 27.3 Å². The smallest absolute Gasteiger partial charge is 0.230 e. The van der Waals surface area contributed by atoms with E-state index in [1.807, 2.05) is 6.07 Å². The van der Waals surface area contributed by atoms with E-state index in [0.29, 0.717) is 5.84 Å². The van der Waals surface area contributed by atoms with Gasteiger partial charge < -0.3 is 15.5 Å². The number of alkyl halides is 3. The van der Waals surface area contributed by atoms with Crippen molar-refractivity contribution in [2.75, 3.05) is 24.5 Å². The Morgan fingerprint density at radius 2 is 2.08 bits per heavy atom. The van der Waals surface area contributed by atoms with Gasteiger partial charge in [0, 0.05) is 27.4 Å². The summed E-state index contributed by atoms with van der Waals surface area (Å²) in [7, 11) is 0. The lowest BCUT2D eigenvalue weighted by atomic mass is 9.99. The van der Waals surface area contributed by atoms with E-state index >= 15 is 0 Å². The molecule has 0 amide bonds. The second-order valence-corrected chi connectivity index (χ2v) is 9.80. The number of benzene rings is 1. The summed E-state index contributed by atoms with van der Waals surface area (Å²) in [4.78, 5) is 9.14. The van der Waals surface area contributed by atoms with Crippen molar-refractivity contribution in [1.82, 2.24) is 4.90 Å². The van der Waals surface area contributed by atoms with Crippen LogP contribution in [0.4, 0.5) is 5.69 Å². The lowest BCUT2D eigenvalue weighted by Gasteiger charge is -2.47. The van der Waals surface area contributed by atoms with Crippen molar-refractivity contribution in [2.45, 2.75) is 35.8 Å². The molecule has 1 saturated heterocycles. The van der Waals surface area contributed by atoms with E-state index in [4.69, 9.17) is 40.5 Å². The fraction of sp³-hybridized carbons (Fsp3) is 0.562. The second kappa shape index (κ2) is 8.57. The number of halogens is 5. The van der Waals surface area contributed by atoms with Gasteiger partial charge in [-0.15, -0.1) is 12.4 Å². The minimum atomic E-state index is -1.54. The van der Waals surface area contributed by atoms with Gasteiger partial charge in [0.05, 0.1) is 0 Å². The van der Waals surface area contributed by atoms with Crippen LogP contribution in [0.1, 0.15) is 25.3 Å². The van der Waals surface area contributed by atoms with E-state index in [0.717, 1.165) is 47.3 Å². The van der Waals surface area contributed by atoms with Crippen LogP contribution in [0, 0.1) is 3.57 Å². The van der Waals surface area contributed by atoms with Crippen molar-refractivity contribution in [3.8, 4) is 0 Å². The summed E-state index contributed by atoms with van der Waals surface area (Å²) >= 11 is 21.1. The number of amidine groups is 1. The molecule has 9 heteroatoms. The summed E-state index contributed by atoms with van der Waals surface area (Å²) in [5, 5.41) is 0. The first-order valence-electron chi connectivity index (χ1n) is 8.02. The maximum atomic E-state index is 6.27. The summed E-state index contributed by atoms with van der Waals surface area (Å²) in [5.41, 5.74) is 8.10. The second-order valence-electron chi connectivity index (χ2n) is 6.19. The van der Waals surface area contributed by atoms with E-state index in [2.05, 4.69) is 56.4 Å². The van der Waals surface area contributed by atoms with Gasteiger partial charge in [-0.1, -0.05) is 41.7 Å². The van der Waals surface area contributed by atoms with Crippen LogP contribution in [0.15, 0.2) is 23.2 Å². The first-order chi connectivity index (χ1) is 11.3. The highest BCUT2D eigenvalue weighted by Gasteiger charge is 2.44. The third-order valence-electron chi connectivity index (χ3n) is 4.65. The van der Waals surface area contributed by atoms with Crippen molar-refractivity contribution in [2.24, 2.45) is 10.7 Å². The lowest BCUT2D eigenvalue weighted by molar-refractivity contribution is 0.208. The average Bonchev–Trinajstić information content (AvgIpc) is 2.54. The predicted octanol–water partition coefficient (Wildman–Crippen LogP) is 4.42. The molecule has 2 aliphatic rings. The first kappa shape index (κ1) is 21.6. The molecule has 25 heavy (non-hydrogen) atoms. The Balaban J connectivity index is 0.00000225. The Bertz CT molecular complexity index is 650. The summed E-state index contributed by atoms with van der Waals surface area (Å²) in [5.74, 6) is 0.430. The number of anilines is 1. The zero-order valence-electron chi connectivity index (χ0n) is 13.8. The van der Waals surface area contributed by atoms with Gasteiger partial charge in [-0.25, -0.2) is 4.99 Å². The molecule has 1 aromatic rings. The third kappa shape index (κ3) is 4.61. The molecule has 0 aromatic heterocycles. The summed E-state index contributed by atoms with van der Waals surface area (Å²) in [6.07, 6.45) is 1.56. The zero-order valence-corrected chi connectivity index (χ0v) is 19.0. The van der Waals surface area contributed by atoms with E-state index in [9.17, 15) is 0 Å². The molecule has 0 radical (unpaired) electrons. The van der Waals surface area contributed by atoms with Gasteiger partial charge in [-0.3, -0.25) is 0 Å². The summed E-state index contributed by atoms with van der Waals surface area (Å²) in [6.45, 7) is 5.25. The van der Waals surface area contributed by atoms with Crippen molar-refractivity contribution < 1.29 is 0 Å². The largest absolute Gasteiger partial charge is 0.383 e. The van der Waals surface area contributed by atoms with E-state index < -0.39 is 9.96 Å². The number of aliphatic imine (C=N–C) groups is 1. The molecule has 2 N–H and O–H groups in total. The molecule has 2 aliphatic heterocycles. The molecule has 0 bridgehead atoms. The van der Waals surface area contributed by atoms with Gasteiger partial charge >= 0.3 is 0 Å². The number of likely N-dealkylation sites (tertiary alicyclic amines) is 1. The summed E-state index contributed by atoms with van der Waals surface area (Å²) in [6, 6.07) is 6.40. The molecular formula is C16H21Cl4IN4. The minimum absolute atomic E-state index is 0. The van der Waals surface area contributed by atoms with E-state index in [1.54, 1.807) is 0 Å². The molecule has 1 aromatic carbocycles. The van der Waals surface area contributed by atoms with Crippen LogP contribution in [0.5, 0.6) is 0 Å². The summed E-state index contributed by atoms with van der Waals surface area (Å²) < 4.78 is -0.435. The number of piperidine rings is 1. The topological polar surface area (TPSA) is 44.9 Å². The fourth-order valence-electron chi connectivity index (χ4n) is 3.51. The number of nitrogens with two attached hydrogens (primary N) is 1. The number of hydrogen-bond donors (Lipinski definition) is 1. The Morgan fingerprint density at radius 1 is 1.36 bits per heavy atom. The normalized spacial score (nSPS) is 24.4. The molecule has 140 valence electrons. The third-order valence-corrected chi connectivity index (χ3v) is 5.91. The molecule has 2 atom stereocenters. The number of rotatable bonds is 2. The zero-order chi connectivity index (χ0) is 17.5. The van der Waals surface area contributed by atoms with Crippen LogP contribution in [-0.2, 0) is 0 Å². The van der Waals surface area contributed by atoms with Gasteiger partial charge in [0.15, 0.2) is 6.17 Å². The number of likely N-dealkylation sites (N-methyl/N-ethyl adjacent to an activating group) is 1. The lowest BCUT2D eigenvalue weighted by Crippen LogP contribution is -2.57. The van der Waals surface area contributed by atoms with Crippen LogP contribution >= 0.6 is 69.8 Å². The Kier molecular flexibility index (Phi) is 7.42. The standard InChI is InChI=1S/C16H20Cl3IN4.ClH/c1-2-23-7-3-4-11(9-23)24-13-6-5-10(20)8-12(13)14(21)22-15(24)16(17,18)19;/h5-6,8,11,15H,2-4,7,9H2,1H3,(H2,21,22);1H. The molecule has 0 saturated carbocycles. The Hall–Kier alpha value is 0.340. The van der Waals surface area contributed by atoms with Crippen molar-refractivity contribution in [1.29, 1.82) is 0 Å². The molecule has 3 rings (SSSR count). The van der Waals surface area contributed by atoms with Crippen LogP contribution in [0.25, 0.3) is 0 Å². The van der Waals surface area contributed by atoms with Crippen molar-refractivity contribution in [3.63, 3.8) is 0 Å². The first-order valence-corrected chi connectivity index (χ1v) is 10.2. The van der Waals surface area contributed by atoms with Gasteiger partial charge in [0.25, 0.3) is 0 Å². The Labute approximate surface area is 183 Å². The predicted molar refractivity (Wildman–Crippen MR) is 119 cm³/mol. The minimum Gasteiger partial charge on any atom is -0.383 e. The highest BCUT2D eigenvalue weighted by atomic mass is 127. The number of fused-ring (bicyclic) bond motifs is 1. The molecule has 4 nitrogen and oxygen atoms in total. The number of hydrogen-bond acceptors (Lipinski definition) is 4. The molecule has 1 fully saturated rings. The number of nitrogens with zero attached hydrogens (tertiary/aromatic N) is 3.